The molecule has 0 aliphatic heterocycles. The number of carbonyl (C=O) groups is 2. The lowest BCUT2D eigenvalue weighted by molar-refractivity contribution is 0.0698. The highest BCUT2D eigenvalue weighted by Crippen LogP contribution is 2.40. The highest BCUT2D eigenvalue weighted by atomic mass is 16.4. The van der Waals surface area contributed by atoms with Gasteiger partial charge in [0.2, 0.25) is 0 Å². The molecule has 0 heterocycles. The van der Waals surface area contributed by atoms with E-state index < -0.39 is 5.97 Å². The van der Waals surface area contributed by atoms with Crippen LogP contribution in [0.15, 0.2) is 24.3 Å². The Morgan fingerprint density at radius 1 is 0.889 bits per heavy atom. The molecule has 2 saturated carbocycles. The number of benzene rings is 2. The van der Waals surface area contributed by atoms with E-state index in [-0.39, 0.29) is 11.9 Å². The van der Waals surface area contributed by atoms with E-state index in [0.717, 1.165) is 60.4 Å². The molecular weight excluding hydrogens is 338 g/mol. The number of aromatic carboxylic acids is 1. The smallest absolute Gasteiger partial charge is 0.336 e. The maximum absolute atomic E-state index is 13.0. The van der Waals surface area contributed by atoms with Crippen molar-refractivity contribution in [1.82, 2.24) is 5.32 Å². The van der Waals surface area contributed by atoms with E-state index in [2.05, 4.69) is 11.4 Å². The van der Waals surface area contributed by atoms with Gasteiger partial charge in [0.15, 0.2) is 0 Å². The maximum Gasteiger partial charge on any atom is 0.336 e. The number of hydrogen-bond acceptors (Lipinski definition) is 2. The summed E-state index contributed by atoms with van der Waals surface area (Å²) in [5.74, 6) is -0.609. The second-order valence-electron chi connectivity index (χ2n) is 8.12. The monoisotopic (exact) mass is 365 g/mol. The number of aryl methyl sites for hydroxylation is 1. The van der Waals surface area contributed by atoms with E-state index >= 15 is 0 Å². The topological polar surface area (TPSA) is 66.4 Å². The van der Waals surface area contributed by atoms with Gasteiger partial charge in [0.1, 0.15) is 0 Å². The van der Waals surface area contributed by atoms with E-state index in [9.17, 15) is 14.7 Å². The molecule has 2 aromatic carbocycles. The molecule has 2 aliphatic rings. The fourth-order valence-electron chi connectivity index (χ4n) is 4.97. The Balaban J connectivity index is 1.87. The Kier molecular flexibility index (Phi) is 4.90. The molecule has 0 unspecified atom stereocenters. The summed E-state index contributed by atoms with van der Waals surface area (Å²) in [7, 11) is 0. The predicted octanol–water partition coefficient (Wildman–Crippen LogP) is 5.18. The zero-order chi connectivity index (χ0) is 19.0. The quantitative estimate of drug-likeness (QED) is 0.785. The average Bonchev–Trinajstić information content (AvgIpc) is 3.35. The molecular formula is C23H27NO3. The van der Waals surface area contributed by atoms with Crippen molar-refractivity contribution in [2.45, 2.75) is 70.3 Å². The minimum atomic E-state index is -0.924. The fourth-order valence-corrected chi connectivity index (χ4v) is 4.97. The lowest BCUT2D eigenvalue weighted by Crippen LogP contribution is -2.32. The van der Waals surface area contributed by atoms with Crippen LogP contribution < -0.4 is 5.32 Å². The molecule has 4 heteroatoms. The average molecular weight is 365 g/mol. The molecule has 2 N–H and O–H groups in total. The number of fused-ring (bicyclic) bond motifs is 1. The first-order valence-electron chi connectivity index (χ1n) is 10.2. The molecule has 4 nitrogen and oxygen atoms in total. The Bertz CT molecular complexity index is 890. The number of carboxylic acid groups (broad SMARTS) is 1. The second-order valence-corrected chi connectivity index (χ2v) is 8.12. The lowest BCUT2D eigenvalue weighted by Gasteiger charge is -2.20. The van der Waals surface area contributed by atoms with Crippen molar-refractivity contribution < 1.29 is 14.7 Å². The fraction of sp³-hybridized carbons (Fsp3) is 0.478. The second kappa shape index (κ2) is 7.34. The molecule has 27 heavy (non-hydrogen) atoms. The van der Waals surface area contributed by atoms with Gasteiger partial charge in [-0.3, -0.25) is 4.79 Å². The summed E-state index contributed by atoms with van der Waals surface area (Å²) in [4.78, 5) is 25.0. The van der Waals surface area contributed by atoms with E-state index in [0.29, 0.717) is 17.0 Å². The summed E-state index contributed by atoms with van der Waals surface area (Å²) in [6, 6.07) is 7.69. The van der Waals surface area contributed by atoms with Gasteiger partial charge in [0.05, 0.1) is 5.56 Å². The highest BCUT2D eigenvalue weighted by molar-refractivity contribution is 6.14. The Labute approximate surface area is 160 Å². The minimum Gasteiger partial charge on any atom is -0.478 e. The van der Waals surface area contributed by atoms with Crippen LogP contribution in [0.25, 0.3) is 10.8 Å². The zero-order valence-electron chi connectivity index (χ0n) is 15.9. The summed E-state index contributed by atoms with van der Waals surface area (Å²) in [5, 5.41) is 14.6. The third kappa shape index (κ3) is 3.33. The first-order valence-corrected chi connectivity index (χ1v) is 10.2. The van der Waals surface area contributed by atoms with Gasteiger partial charge in [-0.25, -0.2) is 4.79 Å². The van der Waals surface area contributed by atoms with E-state index in [4.69, 9.17) is 0 Å². The number of nitrogens with one attached hydrogen (secondary N) is 1. The molecule has 4 rings (SSSR count). The van der Waals surface area contributed by atoms with Crippen molar-refractivity contribution in [1.29, 1.82) is 0 Å². The third-order valence-corrected chi connectivity index (χ3v) is 6.36. The molecule has 2 aliphatic carbocycles. The first-order chi connectivity index (χ1) is 13.1. The molecule has 1 amide bonds. The Hall–Kier alpha value is -2.36. The van der Waals surface area contributed by atoms with Gasteiger partial charge >= 0.3 is 5.97 Å². The Morgan fingerprint density at radius 3 is 2.19 bits per heavy atom. The number of rotatable bonds is 4. The van der Waals surface area contributed by atoms with E-state index in [1.165, 1.54) is 12.8 Å². The number of amides is 1. The number of carbonyl (C=O) groups excluding carboxylic acids is 1. The van der Waals surface area contributed by atoms with Crippen LogP contribution in [0.1, 0.15) is 89.1 Å². The lowest BCUT2D eigenvalue weighted by atomic mass is 9.86. The molecule has 0 spiro atoms. The van der Waals surface area contributed by atoms with Gasteiger partial charge in [0.25, 0.3) is 5.91 Å². The van der Waals surface area contributed by atoms with Crippen molar-refractivity contribution in [3.63, 3.8) is 0 Å². The van der Waals surface area contributed by atoms with E-state index in [1.807, 2.05) is 13.0 Å². The highest BCUT2D eigenvalue weighted by Gasteiger charge is 2.26. The molecule has 2 aromatic rings. The molecule has 0 aromatic heterocycles. The summed E-state index contributed by atoms with van der Waals surface area (Å²) >= 11 is 0. The predicted molar refractivity (Wildman–Crippen MR) is 107 cm³/mol. The molecule has 0 radical (unpaired) electrons. The standard InChI is InChI=1S/C23H27NO3/c1-14-10-11-17(15-6-2-3-7-15)21-19(23(26)27)13-12-18(20(14)21)22(25)24-16-8-4-5-9-16/h10-13,15-16H,2-9H2,1H3,(H,24,25)(H,26,27). The Morgan fingerprint density at radius 2 is 1.52 bits per heavy atom. The van der Waals surface area contributed by atoms with Gasteiger partial charge in [-0.1, -0.05) is 37.8 Å². The van der Waals surface area contributed by atoms with Gasteiger partial charge in [-0.05, 0) is 67.2 Å². The van der Waals surface area contributed by atoms with Crippen LogP contribution in [0.2, 0.25) is 0 Å². The van der Waals surface area contributed by atoms with Crippen molar-refractivity contribution in [3.8, 4) is 0 Å². The summed E-state index contributed by atoms with van der Waals surface area (Å²) in [6.45, 7) is 1.97. The largest absolute Gasteiger partial charge is 0.478 e. The van der Waals surface area contributed by atoms with Gasteiger partial charge in [-0.2, -0.15) is 0 Å². The molecule has 0 saturated heterocycles. The van der Waals surface area contributed by atoms with Gasteiger partial charge < -0.3 is 10.4 Å². The van der Waals surface area contributed by atoms with Crippen LogP contribution >= 0.6 is 0 Å². The number of carboxylic acids is 1. The van der Waals surface area contributed by atoms with Crippen LogP contribution in [0.5, 0.6) is 0 Å². The third-order valence-electron chi connectivity index (χ3n) is 6.36. The normalized spacial score (nSPS) is 18.3. The molecule has 0 bridgehead atoms. The first kappa shape index (κ1) is 18.0. The SMILES string of the molecule is Cc1ccc(C2CCCC2)c2c(C(=O)O)ccc(C(=O)NC3CCCC3)c12. The van der Waals surface area contributed by atoms with Crippen LogP contribution in [0, 0.1) is 6.92 Å². The van der Waals surface area contributed by atoms with Crippen LogP contribution in [0.3, 0.4) is 0 Å². The maximum atomic E-state index is 13.0. The summed E-state index contributed by atoms with van der Waals surface area (Å²) in [5.41, 5.74) is 2.99. The molecule has 142 valence electrons. The van der Waals surface area contributed by atoms with Gasteiger partial charge in [-0.15, -0.1) is 0 Å². The van der Waals surface area contributed by atoms with Crippen molar-refractivity contribution in [2.75, 3.05) is 0 Å². The van der Waals surface area contributed by atoms with Crippen molar-refractivity contribution in [3.05, 3.63) is 46.5 Å². The summed E-state index contributed by atoms with van der Waals surface area (Å²) < 4.78 is 0. The number of hydrogen-bond donors (Lipinski definition) is 2. The summed E-state index contributed by atoms with van der Waals surface area (Å²) in [6.07, 6.45) is 8.94. The minimum absolute atomic E-state index is 0.0736. The zero-order valence-corrected chi connectivity index (χ0v) is 15.9. The van der Waals surface area contributed by atoms with Crippen molar-refractivity contribution in [2.24, 2.45) is 0 Å². The molecule has 2 fully saturated rings. The van der Waals surface area contributed by atoms with Crippen LogP contribution in [0.4, 0.5) is 0 Å². The van der Waals surface area contributed by atoms with Crippen LogP contribution in [-0.2, 0) is 0 Å². The van der Waals surface area contributed by atoms with Gasteiger partial charge in [0, 0.05) is 17.0 Å². The molecule has 0 atom stereocenters. The van der Waals surface area contributed by atoms with Crippen molar-refractivity contribution >= 4 is 22.6 Å². The van der Waals surface area contributed by atoms with Crippen LogP contribution in [-0.4, -0.2) is 23.0 Å². The van der Waals surface area contributed by atoms with E-state index in [1.54, 1.807) is 12.1 Å².